The van der Waals surface area contributed by atoms with Crippen LogP contribution < -0.4 is 15.5 Å². The van der Waals surface area contributed by atoms with Gasteiger partial charge in [0.15, 0.2) is 0 Å². The zero-order valence-electron chi connectivity index (χ0n) is 18.1. The van der Waals surface area contributed by atoms with Crippen molar-refractivity contribution in [1.29, 1.82) is 0 Å². The second-order valence-electron chi connectivity index (χ2n) is 7.58. The third-order valence-electron chi connectivity index (χ3n) is 5.14. The molecule has 0 spiro atoms. The molecule has 4 rings (SSSR count). The van der Waals surface area contributed by atoms with E-state index in [0.29, 0.717) is 10.7 Å². The molecule has 0 radical (unpaired) electrons. The highest BCUT2D eigenvalue weighted by atomic mass is 35.5. The van der Waals surface area contributed by atoms with E-state index in [0.717, 1.165) is 23.1 Å². The van der Waals surface area contributed by atoms with E-state index in [1.807, 2.05) is 0 Å². The van der Waals surface area contributed by atoms with Crippen LogP contribution >= 0.6 is 46.4 Å². The molecule has 0 saturated heterocycles. The van der Waals surface area contributed by atoms with Crippen LogP contribution in [0.4, 0.5) is 30.2 Å². The number of alkyl halides is 3. The Hall–Kier alpha value is -3.24. The number of hydrogen-bond donors (Lipinski definition) is 2. The van der Waals surface area contributed by atoms with Crippen LogP contribution in [0.15, 0.2) is 71.4 Å². The van der Waals surface area contributed by atoms with Gasteiger partial charge >= 0.3 is 6.18 Å². The number of carbonyl (C=O) groups excluding carboxylic acids is 3. The molecule has 3 aromatic rings. The normalized spacial score (nSPS) is 13.9. The average Bonchev–Trinajstić information content (AvgIpc) is 3.03. The van der Waals surface area contributed by atoms with E-state index >= 15 is 0 Å². The van der Waals surface area contributed by atoms with Crippen LogP contribution in [-0.4, -0.2) is 17.7 Å². The molecule has 0 unspecified atom stereocenters. The minimum Gasteiger partial charge on any atom is -0.350 e. The topological polar surface area (TPSA) is 78.5 Å². The third kappa shape index (κ3) is 5.55. The molecule has 3 aromatic carbocycles. The number of nitrogens with one attached hydrogen (secondary N) is 2. The highest BCUT2D eigenvalue weighted by Gasteiger charge is 2.40. The minimum absolute atomic E-state index is 0.0659. The second kappa shape index (κ2) is 10.3. The zero-order chi connectivity index (χ0) is 27.1. The largest absolute Gasteiger partial charge is 0.416 e. The summed E-state index contributed by atoms with van der Waals surface area (Å²) < 4.78 is 38.9. The number of carbonyl (C=O) groups is 3. The first-order chi connectivity index (χ1) is 17.4. The SMILES string of the molecule is O=C(Nc1cc(C(F)(F)F)ccc1Cl)c1ccc(NC2=C(Cl)C(=O)N(c3ccc(Cl)cc3Cl)C2=O)cc1. The Morgan fingerprint density at radius 2 is 1.49 bits per heavy atom. The molecule has 37 heavy (non-hydrogen) atoms. The average molecular weight is 589 g/mol. The quantitative estimate of drug-likeness (QED) is 0.305. The van der Waals surface area contributed by atoms with E-state index in [2.05, 4.69) is 10.6 Å². The third-order valence-corrected chi connectivity index (χ3v) is 6.35. The maximum absolute atomic E-state index is 13.0. The van der Waals surface area contributed by atoms with Gasteiger partial charge in [0.05, 0.1) is 27.0 Å². The lowest BCUT2D eigenvalue weighted by Crippen LogP contribution is -2.32. The molecule has 190 valence electrons. The molecule has 1 aliphatic heterocycles. The lowest BCUT2D eigenvalue weighted by Gasteiger charge is -2.16. The smallest absolute Gasteiger partial charge is 0.350 e. The Morgan fingerprint density at radius 3 is 2.11 bits per heavy atom. The summed E-state index contributed by atoms with van der Waals surface area (Å²) in [6, 6.07) is 12.3. The summed E-state index contributed by atoms with van der Waals surface area (Å²) in [6.07, 6.45) is -4.61. The van der Waals surface area contributed by atoms with Gasteiger partial charge in [0, 0.05) is 16.3 Å². The van der Waals surface area contributed by atoms with Gasteiger partial charge in [-0.05, 0) is 60.7 Å². The van der Waals surface area contributed by atoms with Gasteiger partial charge < -0.3 is 10.6 Å². The van der Waals surface area contributed by atoms with Crippen molar-refractivity contribution in [2.45, 2.75) is 6.18 Å². The molecule has 0 saturated carbocycles. The van der Waals surface area contributed by atoms with Crippen LogP contribution in [0, 0.1) is 0 Å². The van der Waals surface area contributed by atoms with E-state index in [4.69, 9.17) is 46.4 Å². The van der Waals surface area contributed by atoms with Crippen LogP contribution in [0.2, 0.25) is 15.1 Å². The number of anilines is 3. The number of hydrogen-bond acceptors (Lipinski definition) is 4. The van der Waals surface area contributed by atoms with E-state index in [1.54, 1.807) is 0 Å². The minimum atomic E-state index is -4.61. The van der Waals surface area contributed by atoms with Crippen molar-refractivity contribution in [1.82, 2.24) is 0 Å². The van der Waals surface area contributed by atoms with Gasteiger partial charge in [0.2, 0.25) is 0 Å². The molecule has 1 aliphatic rings. The van der Waals surface area contributed by atoms with Crippen molar-refractivity contribution < 1.29 is 27.6 Å². The summed E-state index contributed by atoms with van der Waals surface area (Å²) in [7, 11) is 0. The Balaban J connectivity index is 1.50. The predicted octanol–water partition coefficient (Wildman–Crippen LogP) is 7.35. The number of rotatable bonds is 5. The van der Waals surface area contributed by atoms with Crippen molar-refractivity contribution >= 4 is 81.2 Å². The summed E-state index contributed by atoms with van der Waals surface area (Å²) in [5.41, 5.74) is -0.922. The van der Waals surface area contributed by atoms with Gasteiger partial charge in [-0.3, -0.25) is 14.4 Å². The van der Waals surface area contributed by atoms with Crippen molar-refractivity contribution in [2.75, 3.05) is 15.5 Å². The van der Waals surface area contributed by atoms with Crippen molar-refractivity contribution in [3.8, 4) is 0 Å². The van der Waals surface area contributed by atoms with Gasteiger partial charge in [-0.1, -0.05) is 46.4 Å². The number of imide groups is 1. The first-order valence-electron chi connectivity index (χ1n) is 10.2. The van der Waals surface area contributed by atoms with Crippen LogP contribution in [0.3, 0.4) is 0 Å². The molecule has 0 atom stereocenters. The molecule has 0 bridgehead atoms. The first kappa shape index (κ1) is 26.8. The van der Waals surface area contributed by atoms with E-state index < -0.39 is 29.5 Å². The van der Waals surface area contributed by atoms with Gasteiger partial charge in [-0.2, -0.15) is 13.2 Å². The van der Waals surface area contributed by atoms with Crippen LogP contribution in [0.25, 0.3) is 0 Å². The number of amides is 3. The maximum Gasteiger partial charge on any atom is 0.416 e. The van der Waals surface area contributed by atoms with Gasteiger partial charge in [0.25, 0.3) is 17.7 Å². The number of nitrogens with zero attached hydrogens (tertiary/aromatic N) is 1. The molecule has 13 heteroatoms. The first-order valence-corrected chi connectivity index (χ1v) is 11.7. The fraction of sp³-hybridized carbons (Fsp3) is 0.0417. The fourth-order valence-corrected chi connectivity index (χ4v) is 4.20. The summed E-state index contributed by atoms with van der Waals surface area (Å²) >= 11 is 24.0. The van der Waals surface area contributed by atoms with E-state index in [9.17, 15) is 27.6 Å². The Bertz CT molecular complexity index is 1470. The number of benzene rings is 3. The van der Waals surface area contributed by atoms with Crippen molar-refractivity contribution in [3.63, 3.8) is 0 Å². The predicted molar refractivity (Wildman–Crippen MR) is 136 cm³/mol. The Labute approximate surface area is 227 Å². The van der Waals surface area contributed by atoms with Crippen LogP contribution in [0.1, 0.15) is 15.9 Å². The molecule has 1 heterocycles. The summed E-state index contributed by atoms with van der Waals surface area (Å²) in [5.74, 6) is -2.28. The lowest BCUT2D eigenvalue weighted by molar-refractivity contribution is -0.137. The zero-order valence-corrected chi connectivity index (χ0v) is 21.1. The Morgan fingerprint density at radius 1 is 0.811 bits per heavy atom. The lowest BCUT2D eigenvalue weighted by atomic mass is 10.1. The molecule has 0 aromatic heterocycles. The van der Waals surface area contributed by atoms with Crippen LogP contribution in [0.5, 0.6) is 0 Å². The molecule has 0 fully saturated rings. The molecule has 6 nitrogen and oxygen atoms in total. The van der Waals surface area contributed by atoms with E-state index in [1.165, 1.54) is 42.5 Å². The molecular formula is C24H12Cl4F3N3O3. The summed E-state index contributed by atoms with van der Waals surface area (Å²) in [5, 5.41) is 5.00. The maximum atomic E-state index is 13.0. The molecule has 3 amide bonds. The molecule has 0 aliphatic carbocycles. The standard InChI is InChI=1S/C24H12Cl4F3N3O3/c25-13-4-8-18(16(27)10-13)34-22(36)19(28)20(23(34)37)32-14-5-1-11(2-6-14)21(35)33-17-9-12(24(29,30)31)3-7-15(17)26/h1-10,32H,(H,33,35). The number of halogens is 7. The molecule has 2 N–H and O–H groups in total. The van der Waals surface area contributed by atoms with Gasteiger partial charge in [-0.25, -0.2) is 4.90 Å². The second-order valence-corrected chi connectivity index (χ2v) is 9.21. The van der Waals surface area contributed by atoms with Gasteiger partial charge in [-0.15, -0.1) is 0 Å². The Kier molecular flexibility index (Phi) is 7.43. The van der Waals surface area contributed by atoms with Crippen LogP contribution in [-0.2, 0) is 15.8 Å². The monoisotopic (exact) mass is 587 g/mol. The van der Waals surface area contributed by atoms with E-state index in [-0.39, 0.29) is 37.7 Å². The fourth-order valence-electron chi connectivity index (χ4n) is 3.33. The van der Waals surface area contributed by atoms with Crippen molar-refractivity contribution in [2.24, 2.45) is 0 Å². The molecular weight excluding hydrogens is 577 g/mol. The highest BCUT2D eigenvalue weighted by Crippen LogP contribution is 2.36. The highest BCUT2D eigenvalue weighted by molar-refractivity contribution is 6.54. The van der Waals surface area contributed by atoms with Gasteiger partial charge in [0.1, 0.15) is 10.7 Å². The summed E-state index contributed by atoms with van der Waals surface area (Å²) in [6.45, 7) is 0. The van der Waals surface area contributed by atoms with Crippen molar-refractivity contribution in [3.05, 3.63) is 97.6 Å². The summed E-state index contributed by atoms with van der Waals surface area (Å²) in [4.78, 5) is 38.9.